The molecule has 8 heteroatoms. The van der Waals surface area contributed by atoms with Crippen LogP contribution in [-0.2, 0) is 10.5 Å². The van der Waals surface area contributed by atoms with Gasteiger partial charge in [0.15, 0.2) is 11.4 Å². The largest absolute Gasteiger partial charge is 0.372 e. The number of carbonyl (C=O) groups excluding carboxylic acids is 1. The van der Waals surface area contributed by atoms with E-state index in [1.165, 1.54) is 0 Å². The van der Waals surface area contributed by atoms with Gasteiger partial charge in [-0.25, -0.2) is 15.0 Å². The van der Waals surface area contributed by atoms with Gasteiger partial charge in [0.1, 0.15) is 5.54 Å². The molecule has 8 bridgehead atoms. The van der Waals surface area contributed by atoms with E-state index in [2.05, 4.69) is 20.3 Å². The second-order valence-corrected chi connectivity index (χ2v) is 11.0. The molecule has 7 heterocycles. The average Bonchev–Trinajstić information content (AvgIpc) is 3.73. The van der Waals surface area contributed by atoms with Gasteiger partial charge in [0.25, 0.3) is 0 Å². The number of hydrogen-bond donors (Lipinski definition) is 2. The van der Waals surface area contributed by atoms with Crippen molar-refractivity contribution in [3.8, 4) is 11.3 Å². The molecule has 0 spiro atoms. The Kier molecular flexibility index (Phi) is 4.82. The molecule has 0 radical (unpaired) electrons. The monoisotopic (exact) mass is 513 g/mol. The molecule has 2 atom stereocenters. The number of Topliss-reactive ketones (excluding diaryl/α,β-unsaturated/α-hetero) is 1. The number of fused-ring (bicyclic) bond motifs is 6. The minimum atomic E-state index is -0.927. The van der Waals surface area contributed by atoms with Gasteiger partial charge in [-0.15, -0.1) is 0 Å². The number of aliphatic imine (C=N–C) groups is 2. The van der Waals surface area contributed by atoms with Crippen LogP contribution in [0.5, 0.6) is 0 Å². The minimum Gasteiger partial charge on any atom is -0.372 e. The minimum absolute atomic E-state index is 0.0729. The van der Waals surface area contributed by atoms with Gasteiger partial charge in [0, 0.05) is 40.5 Å². The van der Waals surface area contributed by atoms with E-state index in [1.54, 1.807) is 18.7 Å². The van der Waals surface area contributed by atoms with Gasteiger partial charge in [-0.2, -0.15) is 0 Å². The number of carbonyl (C=O) groups is 1. The highest BCUT2D eigenvalue weighted by Crippen LogP contribution is 2.43. The first-order valence-corrected chi connectivity index (χ1v) is 12.9. The van der Waals surface area contributed by atoms with Gasteiger partial charge in [0.05, 0.1) is 34.6 Å². The van der Waals surface area contributed by atoms with Crippen molar-refractivity contribution in [3.63, 3.8) is 0 Å². The van der Waals surface area contributed by atoms with Crippen LogP contribution < -0.4 is 16.0 Å². The molecule has 1 fully saturated rings. The Labute approximate surface area is 225 Å². The number of pyridine rings is 1. The maximum absolute atomic E-state index is 13.9. The van der Waals surface area contributed by atoms with E-state index < -0.39 is 16.6 Å². The first-order valence-electron chi connectivity index (χ1n) is 12.9. The number of allylic oxidation sites excluding steroid dienone is 4. The number of ketones is 1. The van der Waals surface area contributed by atoms with Gasteiger partial charge in [0.2, 0.25) is 0 Å². The summed E-state index contributed by atoms with van der Waals surface area (Å²) in [6, 6.07) is 7.91. The molecular formula is C31H27N7O. The zero-order valence-electron chi connectivity index (χ0n) is 21.9. The zero-order valence-corrected chi connectivity index (χ0v) is 21.9. The zero-order chi connectivity index (χ0) is 26.8. The first-order chi connectivity index (χ1) is 18.7. The lowest BCUT2D eigenvalue weighted by atomic mass is 9.80. The molecule has 0 amide bonds. The van der Waals surface area contributed by atoms with Crippen molar-refractivity contribution in [2.45, 2.75) is 32.0 Å². The molecule has 7 rings (SSSR count). The van der Waals surface area contributed by atoms with Crippen LogP contribution in [0.15, 0.2) is 107 Å². The number of hydrogen-bond acceptors (Lipinski definition) is 6. The summed E-state index contributed by atoms with van der Waals surface area (Å²) in [6.45, 7) is 5.83. The second kappa shape index (κ2) is 8.07. The number of aromatic nitrogens is 4. The molecule has 2 unspecified atom stereocenters. The molecule has 4 aliphatic heterocycles. The predicted molar refractivity (Wildman–Crippen MR) is 152 cm³/mol. The van der Waals surface area contributed by atoms with E-state index in [1.807, 2.05) is 104 Å². The van der Waals surface area contributed by atoms with Crippen LogP contribution in [-0.4, -0.2) is 42.3 Å². The third-order valence-corrected chi connectivity index (χ3v) is 7.70. The van der Waals surface area contributed by atoms with E-state index in [9.17, 15) is 4.79 Å². The molecule has 1 saturated heterocycles. The van der Waals surface area contributed by atoms with Crippen molar-refractivity contribution >= 4 is 29.4 Å². The van der Waals surface area contributed by atoms with Crippen molar-refractivity contribution in [3.05, 3.63) is 108 Å². The standard InChI is InChI=1S/C31H27N7O/c1-29(2)27-17-31(38-18-26(33-19-38)20-9-12-32-13-10-20)11-8-24(36-31)15-23-5-4-21(34-23)14-22-6-7-25(35-22)16-30(3,37-27)28(29)39/h4-19,34,37H,1-3H3. The fraction of sp³-hybridized carbons (Fsp3) is 0.194. The molecule has 4 aliphatic rings. The SMILES string of the molecule is CC12C=C3C=CC(=N3)C=c3ccc([nH]3)=CC3=NC(n4cnc(-c5ccncc5)c4)(C=C3)C=C(N1)C(C)(C)C2=O. The number of nitrogens with one attached hydrogen (secondary N) is 2. The lowest BCUT2D eigenvalue weighted by Crippen LogP contribution is -2.41. The Bertz CT molecular complexity index is 1840. The van der Waals surface area contributed by atoms with Crippen molar-refractivity contribution in [1.82, 2.24) is 24.8 Å². The number of H-pyrrole nitrogens is 1. The summed E-state index contributed by atoms with van der Waals surface area (Å²) in [5.74, 6) is 0.0729. The molecule has 3 aromatic heterocycles. The van der Waals surface area contributed by atoms with Gasteiger partial charge in [-0.05, 0) is 93.6 Å². The molecular weight excluding hydrogens is 486 g/mol. The number of nitrogens with zero attached hydrogens (tertiary/aromatic N) is 5. The predicted octanol–water partition coefficient (Wildman–Crippen LogP) is 2.95. The maximum Gasteiger partial charge on any atom is 0.177 e. The van der Waals surface area contributed by atoms with Crippen molar-refractivity contribution in [1.29, 1.82) is 0 Å². The van der Waals surface area contributed by atoms with Crippen LogP contribution in [0, 0.1) is 5.41 Å². The lowest BCUT2D eigenvalue weighted by molar-refractivity contribution is -0.126. The van der Waals surface area contributed by atoms with Crippen molar-refractivity contribution in [2.75, 3.05) is 0 Å². The van der Waals surface area contributed by atoms with E-state index >= 15 is 0 Å². The highest BCUT2D eigenvalue weighted by molar-refractivity contribution is 6.20. The Morgan fingerprint density at radius 1 is 0.897 bits per heavy atom. The van der Waals surface area contributed by atoms with Crippen molar-refractivity contribution in [2.24, 2.45) is 15.4 Å². The van der Waals surface area contributed by atoms with Crippen LogP contribution in [0.3, 0.4) is 0 Å². The Morgan fingerprint density at radius 2 is 1.67 bits per heavy atom. The lowest BCUT2D eigenvalue weighted by Gasteiger charge is -2.26. The normalized spacial score (nSPS) is 26.3. The number of rotatable bonds is 2. The topological polar surface area (TPSA) is 100 Å². The van der Waals surface area contributed by atoms with Crippen LogP contribution in [0.1, 0.15) is 20.8 Å². The van der Waals surface area contributed by atoms with Gasteiger partial charge < -0.3 is 14.9 Å². The fourth-order valence-corrected chi connectivity index (χ4v) is 5.62. The Morgan fingerprint density at radius 3 is 2.46 bits per heavy atom. The highest BCUT2D eigenvalue weighted by Gasteiger charge is 2.52. The van der Waals surface area contributed by atoms with E-state index in [0.717, 1.165) is 44.8 Å². The van der Waals surface area contributed by atoms with Crippen LogP contribution >= 0.6 is 0 Å². The van der Waals surface area contributed by atoms with Crippen LogP contribution in [0.2, 0.25) is 0 Å². The summed E-state index contributed by atoms with van der Waals surface area (Å²) >= 11 is 0. The molecule has 0 aliphatic carbocycles. The number of imidazole rings is 1. The molecule has 0 aromatic carbocycles. The third-order valence-electron chi connectivity index (χ3n) is 7.70. The number of aromatic amines is 1. The van der Waals surface area contributed by atoms with Gasteiger partial charge in [-0.1, -0.05) is 0 Å². The van der Waals surface area contributed by atoms with E-state index in [0.29, 0.717) is 0 Å². The summed E-state index contributed by atoms with van der Waals surface area (Å²) in [7, 11) is 0. The average molecular weight is 514 g/mol. The maximum atomic E-state index is 13.9. The Hall–Kier alpha value is -4.85. The van der Waals surface area contributed by atoms with Gasteiger partial charge in [-0.3, -0.25) is 9.78 Å². The summed E-state index contributed by atoms with van der Waals surface area (Å²) in [4.78, 5) is 36.0. The summed E-state index contributed by atoms with van der Waals surface area (Å²) in [6.07, 6.45) is 23.2. The quantitative estimate of drug-likeness (QED) is 0.550. The van der Waals surface area contributed by atoms with Crippen LogP contribution in [0.25, 0.3) is 23.4 Å². The first kappa shape index (κ1) is 23.3. The highest BCUT2D eigenvalue weighted by atomic mass is 16.1. The molecule has 0 saturated carbocycles. The smallest absolute Gasteiger partial charge is 0.177 e. The summed E-state index contributed by atoms with van der Waals surface area (Å²) in [5.41, 5.74) is 2.34. The summed E-state index contributed by atoms with van der Waals surface area (Å²) < 4.78 is 1.98. The van der Waals surface area contributed by atoms with E-state index in [-0.39, 0.29) is 5.78 Å². The molecule has 2 N–H and O–H groups in total. The van der Waals surface area contributed by atoms with Crippen molar-refractivity contribution < 1.29 is 4.79 Å². The fourth-order valence-electron chi connectivity index (χ4n) is 5.62. The molecule has 3 aromatic rings. The summed E-state index contributed by atoms with van der Waals surface area (Å²) in [5, 5.41) is 5.42. The molecule has 8 nitrogen and oxygen atoms in total. The van der Waals surface area contributed by atoms with Crippen LogP contribution in [0.4, 0.5) is 0 Å². The third kappa shape index (κ3) is 3.79. The Balaban J connectivity index is 1.45. The van der Waals surface area contributed by atoms with Gasteiger partial charge >= 0.3 is 0 Å². The van der Waals surface area contributed by atoms with E-state index in [4.69, 9.17) is 9.98 Å². The second-order valence-electron chi connectivity index (χ2n) is 11.0. The molecule has 39 heavy (non-hydrogen) atoms. The molecule has 192 valence electrons.